The Morgan fingerprint density at radius 1 is 1.28 bits per heavy atom. The van der Waals surface area contributed by atoms with Crippen molar-refractivity contribution in [3.63, 3.8) is 0 Å². The van der Waals surface area contributed by atoms with Gasteiger partial charge in [-0.3, -0.25) is 4.68 Å². The summed E-state index contributed by atoms with van der Waals surface area (Å²) >= 11 is 0. The molecule has 25 heavy (non-hydrogen) atoms. The van der Waals surface area contributed by atoms with Crippen LogP contribution in [0.15, 0.2) is 30.7 Å². The van der Waals surface area contributed by atoms with Gasteiger partial charge in [0.25, 0.3) is 0 Å². The molecule has 0 unspecified atom stereocenters. The van der Waals surface area contributed by atoms with Crippen LogP contribution in [-0.4, -0.2) is 39.4 Å². The second-order valence-electron chi connectivity index (χ2n) is 6.32. The number of carbonyl (C=O) groups is 1. The Bertz CT molecular complexity index is 924. The molecule has 7 heteroatoms. The van der Waals surface area contributed by atoms with Gasteiger partial charge < -0.3 is 13.9 Å². The molecule has 0 atom stereocenters. The molecule has 130 valence electrons. The minimum Gasteiger partial charge on any atom is -0.465 e. The summed E-state index contributed by atoms with van der Waals surface area (Å²) in [5, 5.41) is 4.31. The molecule has 7 nitrogen and oxygen atoms in total. The fourth-order valence-corrected chi connectivity index (χ4v) is 3.07. The molecule has 0 N–H and O–H groups in total. The molecule has 0 aromatic carbocycles. The predicted molar refractivity (Wildman–Crippen MR) is 90.5 cm³/mol. The van der Waals surface area contributed by atoms with Crippen LogP contribution in [0, 0.1) is 0 Å². The molecule has 0 amide bonds. The highest BCUT2D eigenvalue weighted by Gasteiger charge is 2.24. The third-order valence-corrected chi connectivity index (χ3v) is 4.52. The Morgan fingerprint density at radius 2 is 2.12 bits per heavy atom. The number of pyridine rings is 1. The standard InChI is InChI=1S/C18H20N4O3/c1-24-11-16-15(18(23)25-2)7-19-22(16)10-14-9-21-8-13(12-3-4-12)5-6-17(21)20-14/h5-9,12H,3-4,10-11H2,1-2H3. The van der Waals surface area contributed by atoms with Gasteiger partial charge in [0.2, 0.25) is 0 Å². The third-order valence-electron chi connectivity index (χ3n) is 4.52. The molecule has 3 heterocycles. The fraction of sp³-hybridized carbons (Fsp3) is 0.389. The first-order valence-corrected chi connectivity index (χ1v) is 8.29. The van der Waals surface area contributed by atoms with Crippen LogP contribution in [0.25, 0.3) is 5.65 Å². The number of ether oxygens (including phenoxy) is 2. The summed E-state index contributed by atoms with van der Waals surface area (Å²) in [6.07, 6.45) is 8.23. The van der Waals surface area contributed by atoms with Gasteiger partial charge >= 0.3 is 5.97 Å². The van der Waals surface area contributed by atoms with Crippen LogP contribution in [0.5, 0.6) is 0 Å². The number of methoxy groups -OCH3 is 2. The van der Waals surface area contributed by atoms with Gasteiger partial charge in [-0.1, -0.05) is 6.07 Å². The molecule has 3 aromatic heterocycles. The molecule has 0 radical (unpaired) electrons. The molecule has 0 bridgehead atoms. The van der Waals surface area contributed by atoms with E-state index in [1.54, 1.807) is 11.8 Å². The van der Waals surface area contributed by atoms with Crippen molar-refractivity contribution in [1.82, 2.24) is 19.2 Å². The number of imidazole rings is 1. The van der Waals surface area contributed by atoms with Crippen LogP contribution in [0.1, 0.15) is 46.1 Å². The van der Waals surface area contributed by atoms with Crippen LogP contribution in [0.4, 0.5) is 0 Å². The molecule has 1 aliphatic rings. The molecule has 1 saturated carbocycles. The Balaban J connectivity index is 1.64. The van der Waals surface area contributed by atoms with E-state index in [-0.39, 0.29) is 6.61 Å². The highest BCUT2D eigenvalue weighted by atomic mass is 16.5. The summed E-state index contributed by atoms with van der Waals surface area (Å²) in [4.78, 5) is 16.5. The first-order chi connectivity index (χ1) is 12.2. The lowest BCUT2D eigenvalue weighted by Gasteiger charge is -2.06. The van der Waals surface area contributed by atoms with E-state index in [2.05, 4.69) is 32.8 Å². The van der Waals surface area contributed by atoms with Crippen LogP contribution in [0.2, 0.25) is 0 Å². The SMILES string of the molecule is COCc1c(C(=O)OC)cnn1Cc1cn2cc(C3CC3)ccc2n1. The smallest absolute Gasteiger partial charge is 0.341 e. The Labute approximate surface area is 145 Å². The van der Waals surface area contributed by atoms with Gasteiger partial charge in [-0.2, -0.15) is 5.10 Å². The first-order valence-electron chi connectivity index (χ1n) is 8.29. The molecular weight excluding hydrogens is 320 g/mol. The van der Waals surface area contributed by atoms with Crippen molar-refractivity contribution in [3.8, 4) is 0 Å². The highest BCUT2D eigenvalue weighted by molar-refractivity contribution is 5.90. The second kappa shape index (κ2) is 6.33. The normalized spacial score (nSPS) is 14.2. The van der Waals surface area contributed by atoms with E-state index in [0.29, 0.717) is 23.7 Å². The first kappa shape index (κ1) is 15.8. The van der Waals surface area contributed by atoms with Crippen molar-refractivity contribution in [2.75, 3.05) is 14.2 Å². The van der Waals surface area contributed by atoms with Gasteiger partial charge in [0.1, 0.15) is 11.2 Å². The third kappa shape index (κ3) is 3.02. The maximum atomic E-state index is 11.9. The number of nitrogens with zero attached hydrogens (tertiary/aromatic N) is 4. The zero-order valence-electron chi connectivity index (χ0n) is 14.3. The lowest BCUT2D eigenvalue weighted by atomic mass is 10.2. The van der Waals surface area contributed by atoms with E-state index in [0.717, 1.165) is 11.3 Å². The number of fused-ring (bicyclic) bond motifs is 1. The largest absolute Gasteiger partial charge is 0.465 e. The van der Waals surface area contributed by atoms with Crippen LogP contribution in [-0.2, 0) is 22.6 Å². The van der Waals surface area contributed by atoms with Gasteiger partial charge in [-0.15, -0.1) is 0 Å². The van der Waals surface area contributed by atoms with Gasteiger partial charge in [0, 0.05) is 19.5 Å². The molecule has 0 aliphatic heterocycles. The van der Waals surface area contributed by atoms with Crippen LogP contribution < -0.4 is 0 Å². The summed E-state index contributed by atoms with van der Waals surface area (Å²) in [6.45, 7) is 0.750. The van der Waals surface area contributed by atoms with E-state index in [9.17, 15) is 4.79 Å². The minimum atomic E-state index is -0.414. The summed E-state index contributed by atoms with van der Waals surface area (Å²) in [5.41, 5.74) is 4.26. The number of esters is 1. The number of hydrogen-bond acceptors (Lipinski definition) is 5. The predicted octanol–water partition coefficient (Wildman–Crippen LogP) is 2.39. The van der Waals surface area contributed by atoms with Crippen molar-refractivity contribution in [2.45, 2.75) is 31.9 Å². The van der Waals surface area contributed by atoms with Crippen molar-refractivity contribution in [2.24, 2.45) is 0 Å². The summed E-state index contributed by atoms with van der Waals surface area (Å²) in [6, 6.07) is 4.21. The maximum Gasteiger partial charge on any atom is 0.341 e. The monoisotopic (exact) mass is 340 g/mol. The minimum absolute atomic E-state index is 0.281. The van der Waals surface area contributed by atoms with Gasteiger partial charge in [-0.05, 0) is 30.4 Å². The van der Waals surface area contributed by atoms with Gasteiger partial charge in [0.15, 0.2) is 0 Å². The topological polar surface area (TPSA) is 70.7 Å². The van der Waals surface area contributed by atoms with Crippen molar-refractivity contribution in [1.29, 1.82) is 0 Å². The quantitative estimate of drug-likeness (QED) is 0.644. The van der Waals surface area contributed by atoms with Crippen LogP contribution in [0.3, 0.4) is 0 Å². The van der Waals surface area contributed by atoms with Crippen LogP contribution >= 0.6 is 0 Å². The molecule has 0 saturated heterocycles. The van der Waals surface area contributed by atoms with Gasteiger partial charge in [0.05, 0.1) is 37.8 Å². The summed E-state index contributed by atoms with van der Waals surface area (Å²) in [7, 11) is 2.94. The highest BCUT2D eigenvalue weighted by Crippen LogP contribution is 2.39. The van der Waals surface area contributed by atoms with E-state index in [1.807, 2.05) is 6.20 Å². The zero-order chi connectivity index (χ0) is 17.4. The van der Waals surface area contributed by atoms with Gasteiger partial charge in [-0.25, -0.2) is 9.78 Å². The average Bonchev–Trinajstić information content (AvgIpc) is 3.29. The van der Waals surface area contributed by atoms with Crippen molar-refractivity contribution in [3.05, 3.63) is 53.2 Å². The second-order valence-corrected chi connectivity index (χ2v) is 6.32. The Morgan fingerprint density at radius 3 is 2.84 bits per heavy atom. The molecule has 1 fully saturated rings. The van der Waals surface area contributed by atoms with E-state index < -0.39 is 5.97 Å². The Hall–Kier alpha value is -2.67. The molecular formula is C18H20N4O3. The zero-order valence-corrected chi connectivity index (χ0v) is 14.3. The average molecular weight is 340 g/mol. The molecule has 3 aromatic rings. The van der Waals surface area contributed by atoms with E-state index in [1.165, 1.54) is 31.7 Å². The Kier molecular flexibility index (Phi) is 4.01. The lowest BCUT2D eigenvalue weighted by molar-refractivity contribution is 0.0595. The number of hydrogen-bond donors (Lipinski definition) is 0. The molecule has 1 aliphatic carbocycles. The van der Waals surface area contributed by atoms with E-state index >= 15 is 0 Å². The fourth-order valence-electron chi connectivity index (χ4n) is 3.07. The lowest BCUT2D eigenvalue weighted by Crippen LogP contribution is -2.11. The molecule has 4 rings (SSSR count). The molecule has 0 spiro atoms. The van der Waals surface area contributed by atoms with Crippen molar-refractivity contribution < 1.29 is 14.3 Å². The summed E-state index contributed by atoms with van der Waals surface area (Å²) < 4.78 is 13.8. The number of carbonyl (C=O) groups excluding carboxylic acids is 1. The summed E-state index contributed by atoms with van der Waals surface area (Å²) in [5.74, 6) is 0.291. The number of aromatic nitrogens is 4. The number of rotatable bonds is 6. The van der Waals surface area contributed by atoms with E-state index in [4.69, 9.17) is 9.47 Å². The van der Waals surface area contributed by atoms with Crippen molar-refractivity contribution >= 4 is 11.6 Å². The maximum absolute atomic E-state index is 11.9.